The lowest BCUT2D eigenvalue weighted by atomic mass is 10.5. The molecule has 0 spiro atoms. The SMILES string of the molecule is CCNc1nc(Cl)nc(N2CCSCC2S(=O)(=O)CC)n1. The zero-order valence-electron chi connectivity index (χ0n) is 11.9. The quantitative estimate of drug-likeness (QED) is 0.848. The predicted molar refractivity (Wildman–Crippen MR) is 86.9 cm³/mol. The van der Waals surface area contributed by atoms with Crippen LogP contribution >= 0.6 is 23.4 Å². The van der Waals surface area contributed by atoms with Gasteiger partial charge in [-0.1, -0.05) is 6.92 Å². The smallest absolute Gasteiger partial charge is 0.232 e. The number of nitrogens with zero attached hydrogens (tertiary/aromatic N) is 4. The maximum absolute atomic E-state index is 12.3. The second-order valence-corrected chi connectivity index (χ2v) is 8.37. The lowest BCUT2D eigenvalue weighted by Crippen LogP contribution is -2.48. The fourth-order valence-electron chi connectivity index (χ4n) is 2.00. The number of sulfone groups is 1. The first-order valence-electron chi connectivity index (χ1n) is 6.69. The highest BCUT2D eigenvalue weighted by molar-refractivity contribution is 8.01. The number of hydrogen-bond donors (Lipinski definition) is 1. The Morgan fingerprint density at radius 1 is 1.38 bits per heavy atom. The van der Waals surface area contributed by atoms with Gasteiger partial charge in [0.05, 0.1) is 0 Å². The van der Waals surface area contributed by atoms with Crippen LogP contribution in [-0.2, 0) is 9.84 Å². The van der Waals surface area contributed by atoms with Gasteiger partial charge in [0.15, 0.2) is 9.84 Å². The number of halogens is 1. The third-order valence-electron chi connectivity index (χ3n) is 3.09. The van der Waals surface area contributed by atoms with Gasteiger partial charge in [-0.25, -0.2) is 8.42 Å². The number of rotatable bonds is 5. The summed E-state index contributed by atoms with van der Waals surface area (Å²) in [5, 5.41) is 2.41. The molecule has 2 heterocycles. The van der Waals surface area contributed by atoms with E-state index in [-0.39, 0.29) is 11.0 Å². The van der Waals surface area contributed by atoms with Crippen LogP contribution in [0.5, 0.6) is 0 Å². The summed E-state index contributed by atoms with van der Waals surface area (Å²) < 4.78 is 24.5. The molecule has 1 atom stereocenters. The highest BCUT2D eigenvalue weighted by atomic mass is 35.5. The van der Waals surface area contributed by atoms with Crippen LogP contribution in [0.4, 0.5) is 11.9 Å². The first-order chi connectivity index (χ1) is 9.97. The summed E-state index contributed by atoms with van der Waals surface area (Å²) in [4.78, 5) is 14.1. The Bertz CT molecular complexity index is 598. The van der Waals surface area contributed by atoms with E-state index in [0.717, 1.165) is 5.75 Å². The highest BCUT2D eigenvalue weighted by Crippen LogP contribution is 2.26. The van der Waals surface area contributed by atoms with Crippen molar-refractivity contribution in [2.45, 2.75) is 19.2 Å². The molecule has 1 aromatic rings. The number of anilines is 2. The van der Waals surface area contributed by atoms with E-state index in [2.05, 4.69) is 20.3 Å². The van der Waals surface area contributed by atoms with Crippen LogP contribution in [-0.4, -0.2) is 59.1 Å². The summed E-state index contributed by atoms with van der Waals surface area (Å²) in [7, 11) is -3.22. The van der Waals surface area contributed by atoms with Gasteiger partial charge in [-0.2, -0.15) is 26.7 Å². The first kappa shape index (κ1) is 16.6. The molecule has 0 saturated carbocycles. The molecule has 1 N–H and O–H groups in total. The van der Waals surface area contributed by atoms with Gasteiger partial charge in [0, 0.05) is 30.3 Å². The first-order valence-corrected chi connectivity index (χ1v) is 9.94. The van der Waals surface area contributed by atoms with E-state index < -0.39 is 15.2 Å². The van der Waals surface area contributed by atoms with Crippen molar-refractivity contribution in [3.05, 3.63) is 5.28 Å². The van der Waals surface area contributed by atoms with Crippen LogP contribution in [0.1, 0.15) is 13.8 Å². The average molecular weight is 352 g/mol. The molecule has 0 aromatic carbocycles. The van der Waals surface area contributed by atoms with Crippen LogP contribution in [0.25, 0.3) is 0 Å². The molecular weight excluding hydrogens is 334 g/mol. The van der Waals surface area contributed by atoms with Crippen molar-refractivity contribution < 1.29 is 8.42 Å². The molecule has 21 heavy (non-hydrogen) atoms. The van der Waals surface area contributed by atoms with Crippen molar-refractivity contribution in [2.24, 2.45) is 0 Å². The average Bonchev–Trinajstić information content (AvgIpc) is 2.47. The van der Waals surface area contributed by atoms with Gasteiger partial charge in [0.25, 0.3) is 0 Å². The molecule has 1 aliphatic rings. The second kappa shape index (κ2) is 6.97. The summed E-state index contributed by atoms with van der Waals surface area (Å²) in [6, 6.07) is 0. The van der Waals surface area contributed by atoms with Gasteiger partial charge in [0.1, 0.15) is 5.37 Å². The number of nitrogens with one attached hydrogen (secondary N) is 1. The van der Waals surface area contributed by atoms with Gasteiger partial charge in [0.2, 0.25) is 17.2 Å². The third-order valence-corrected chi connectivity index (χ3v) is 6.55. The van der Waals surface area contributed by atoms with E-state index in [0.29, 0.717) is 30.7 Å². The van der Waals surface area contributed by atoms with Crippen LogP contribution < -0.4 is 10.2 Å². The molecular formula is C11H18ClN5O2S2. The van der Waals surface area contributed by atoms with Crippen molar-refractivity contribution in [3.8, 4) is 0 Å². The standard InChI is InChI=1S/C11H18ClN5O2S2/c1-3-13-10-14-9(12)15-11(16-10)17-5-6-20-7-8(17)21(18,19)4-2/h8H,3-7H2,1-2H3,(H,13,14,15,16). The van der Waals surface area contributed by atoms with Crippen LogP contribution in [0.2, 0.25) is 5.28 Å². The van der Waals surface area contributed by atoms with Crippen LogP contribution in [0.15, 0.2) is 0 Å². The van der Waals surface area contributed by atoms with Crippen molar-refractivity contribution in [1.82, 2.24) is 15.0 Å². The Morgan fingerprint density at radius 3 is 2.81 bits per heavy atom. The third kappa shape index (κ3) is 3.89. The Kier molecular flexibility index (Phi) is 5.50. The molecule has 0 aliphatic carbocycles. The van der Waals surface area contributed by atoms with Crippen molar-refractivity contribution in [2.75, 3.05) is 40.6 Å². The fourth-order valence-corrected chi connectivity index (χ4v) is 5.12. The Hall–Kier alpha value is -0.800. The summed E-state index contributed by atoms with van der Waals surface area (Å²) in [5.41, 5.74) is 0. The summed E-state index contributed by atoms with van der Waals surface area (Å²) >= 11 is 7.54. The van der Waals surface area contributed by atoms with Gasteiger partial charge >= 0.3 is 0 Å². The Balaban J connectivity index is 2.37. The molecule has 0 bridgehead atoms. The van der Waals surface area contributed by atoms with E-state index in [1.54, 1.807) is 23.6 Å². The normalized spacial score (nSPS) is 19.6. The van der Waals surface area contributed by atoms with E-state index in [1.165, 1.54) is 0 Å². The van der Waals surface area contributed by atoms with E-state index >= 15 is 0 Å². The highest BCUT2D eigenvalue weighted by Gasteiger charge is 2.34. The zero-order valence-corrected chi connectivity index (χ0v) is 14.3. The minimum atomic E-state index is -3.22. The molecule has 1 aromatic heterocycles. The maximum atomic E-state index is 12.3. The minimum Gasteiger partial charge on any atom is -0.354 e. The fraction of sp³-hybridized carbons (Fsp3) is 0.727. The van der Waals surface area contributed by atoms with E-state index in [1.807, 2.05) is 6.92 Å². The molecule has 1 unspecified atom stereocenters. The van der Waals surface area contributed by atoms with Crippen LogP contribution in [0.3, 0.4) is 0 Å². The minimum absolute atomic E-state index is 0.0572. The number of aromatic nitrogens is 3. The summed E-state index contributed by atoms with van der Waals surface area (Å²) in [6.07, 6.45) is 0. The molecule has 10 heteroatoms. The molecule has 0 amide bonds. The largest absolute Gasteiger partial charge is 0.354 e. The van der Waals surface area contributed by atoms with Gasteiger partial charge < -0.3 is 10.2 Å². The molecule has 2 rings (SSSR count). The van der Waals surface area contributed by atoms with Crippen molar-refractivity contribution in [3.63, 3.8) is 0 Å². The molecule has 7 nitrogen and oxygen atoms in total. The molecule has 118 valence electrons. The van der Waals surface area contributed by atoms with Gasteiger partial charge in [-0.3, -0.25) is 0 Å². The van der Waals surface area contributed by atoms with E-state index in [4.69, 9.17) is 11.6 Å². The Labute approximate surface area is 133 Å². The van der Waals surface area contributed by atoms with Crippen molar-refractivity contribution >= 4 is 45.1 Å². The number of hydrogen-bond acceptors (Lipinski definition) is 8. The lowest BCUT2D eigenvalue weighted by Gasteiger charge is -2.34. The zero-order chi connectivity index (χ0) is 15.5. The lowest BCUT2D eigenvalue weighted by molar-refractivity contribution is 0.577. The summed E-state index contributed by atoms with van der Waals surface area (Å²) in [6.45, 7) is 4.78. The van der Waals surface area contributed by atoms with E-state index in [9.17, 15) is 8.42 Å². The predicted octanol–water partition coefficient (Wildman–Crippen LogP) is 1.27. The molecule has 1 fully saturated rings. The monoisotopic (exact) mass is 351 g/mol. The summed E-state index contributed by atoms with van der Waals surface area (Å²) in [5.74, 6) is 2.10. The van der Waals surface area contributed by atoms with Gasteiger partial charge in [-0.15, -0.1) is 0 Å². The molecule has 0 radical (unpaired) electrons. The van der Waals surface area contributed by atoms with Crippen LogP contribution in [0, 0.1) is 0 Å². The van der Waals surface area contributed by atoms with Gasteiger partial charge in [-0.05, 0) is 18.5 Å². The Morgan fingerprint density at radius 2 is 2.14 bits per heavy atom. The molecule has 1 aliphatic heterocycles. The second-order valence-electron chi connectivity index (χ2n) is 4.43. The topological polar surface area (TPSA) is 88.1 Å². The number of thioether (sulfide) groups is 1. The molecule has 1 saturated heterocycles. The maximum Gasteiger partial charge on any atom is 0.232 e. The van der Waals surface area contributed by atoms with Crippen molar-refractivity contribution in [1.29, 1.82) is 0 Å².